The van der Waals surface area contributed by atoms with Crippen molar-refractivity contribution in [2.45, 2.75) is 62.7 Å². The third-order valence-corrected chi connectivity index (χ3v) is 6.40. The fraction of sp³-hybridized carbons (Fsp3) is 0.565. The number of carbonyl (C=O) groups excluding carboxylic acids is 3. The molecular weight excluding hydrogens is 514 g/mol. The zero-order valence-electron chi connectivity index (χ0n) is 21.3. The van der Waals surface area contributed by atoms with Crippen LogP contribution in [0.2, 0.25) is 0 Å². The van der Waals surface area contributed by atoms with Crippen molar-refractivity contribution in [3.63, 3.8) is 0 Å². The molecule has 38 heavy (non-hydrogen) atoms. The lowest BCUT2D eigenvalue weighted by molar-refractivity contribution is -0.142. The molecule has 15 heteroatoms. The van der Waals surface area contributed by atoms with Crippen molar-refractivity contribution < 1.29 is 24.3 Å². The molecule has 4 unspecified atom stereocenters. The Morgan fingerprint density at radius 2 is 1.45 bits per heavy atom. The van der Waals surface area contributed by atoms with Gasteiger partial charge < -0.3 is 42.5 Å². The van der Waals surface area contributed by atoms with Gasteiger partial charge in [-0.1, -0.05) is 6.42 Å². The largest absolute Gasteiger partial charge is 0.480 e. The molecule has 2 heterocycles. The Morgan fingerprint density at radius 3 is 1.97 bits per heavy atom. The molecule has 0 saturated heterocycles. The number of aliphatic carboxylic acids is 1. The molecule has 0 aliphatic rings. The van der Waals surface area contributed by atoms with Gasteiger partial charge in [-0.3, -0.25) is 14.4 Å². The topological polar surface area (TPSA) is 234 Å². The minimum Gasteiger partial charge on any atom is -0.480 e. The number of nitrogens with two attached hydrogens (primary N) is 2. The Hall–Kier alpha value is -3.43. The van der Waals surface area contributed by atoms with Gasteiger partial charge in [0.2, 0.25) is 17.7 Å². The number of unbranched alkanes of at least 4 members (excludes halogenated alkanes) is 1. The number of thioether (sulfide) groups is 1. The third-order valence-electron chi connectivity index (χ3n) is 5.75. The highest BCUT2D eigenvalue weighted by molar-refractivity contribution is 7.98. The van der Waals surface area contributed by atoms with Crippen LogP contribution in [0.4, 0.5) is 0 Å². The van der Waals surface area contributed by atoms with Gasteiger partial charge in [0, 0.05) is 36.6 Å². The van der Waals surface area contributed by atoms with E-state index in [1.807, 2.05) is 6.26 Å². The summed E-state index contributed by atoms with van der Waals surface area (Å²) in [6, 6.07) is -4.14. The van der Waals surface area contributed by atoms with Crippen LogP contribution in [0, 0.1) is 0 Å². The number of H-pyrrole nitrogens is 2. The summed E-state index contributed by atoms with van der Waals surface area (Å²) >= 11 is 1.47. The Morgan fingerprint density at radius 1 is 0.895 bits per heavy atom. The van der Waals surface area contributed by atoms with Crippen molar-refractivity contribution in [1.82, 2.24) is 35.9 Å². The van der Waals surface area contributed by atoms with E-state index >= 15 is 0 Å². The van der Waals surface area contributed by atoms with Gasteiger partial charge in [-0.2, -0.15) is 11.8 Å². The van der Waals surface area contributed by atoms with Gasteiger partial charge >= 0.3 is 5.97 Å². The minimum atomic E-state index is -1.23. The van der Waals surface area contributed by atoms with Crippen LogP contribution in [-0.2, 0) is 32.0 Å². The fourth-order valence-electron chi connectivity index (χ4n) is 3.61. The summed E-state index contributed by atoms with van der Waals surface area (Å²) in [7, 11) is 0. The Kier molecular flexibility index (Phi) is 13.3. The standard InChI is InChI=1S/C23H37N9O5S/c1-38-7-5-17(21(34)32-19(23(36)37)9-15-11-27-13-29-15)30-22(35)18(8-14-10-26-12-28-14)31-20(33)16(25)4-2-3-6-24/h10-13,16-19H,2-9,24-25H2,1H3,(H,26,28)(H,27,29)(H,30,35)(H,31,33)(H,32,34)(H,36,37). The molecule has 0 aromatic carbocycles. The van der Waals surface area contributed by atoms with E-state index in [1.165, 1.54) is 36.8 Å². The first kappa shape index (κ1) is 30.8. The molecule has 210 valence electrons. The maximum Gasteiger partial charge on any atom is 0.326 e. The number of amides is 3. The van der Waals surface area contributed by atoms with E-state index in [9.17, 15) is 24.3 Å². The fourth-order valence-corrected chi connectivity index (χ4v) is 4.08. The molecule has 4 atom stereocenters. The maximum absolute atomic E-state index is 13.3. The first-order valence-electron chi connectivity index (χ1n) is 12.3. The number of aromatic amines is 2. The van der Waals surface area contributed by atoms with Crippen molar-refractivity contribution >= 4 is 35.5 Å². The average molecular weight is 552 g/mol. The molecule has 0 radical (unpaired) electrons. The first-order chi connectivity index (χ1) is 18.2. The van der Waals surface area contributed by atoms with E-state index in [-0.39, 0.29) is 19.3 Å². The molecule has 0 saturated carbocycles. The van der Waals surface area contributed by atoms with Crippen molar-refractivity contribution in [3.05, 3.63) is 36.4 Å². The van der Waals surface area contributed by atoms with Crippen LogP contribution in [0.25, 0.3) is 0 Å². The molecule has 0 bridgehead atoms. The second-order valence-electron chi connectivity index (χ2n) is 8.76. The molecule has 3 amide bonds. The lowest BCUT2D eigenvalue weighted by Gasteiger charge is -2.25. The van der Waals surface area contributed by atoms with Gasteiger partial charge in [0.15, 0.2) is 0 Å². The summed E-state index contributed by atoms with van der Waals surface area (Å²) < 4.78 is 0. The number of imidazole rings is 2. The van der Waals surface area contributed by atoms with Gasteiger partial charge in [-0.05, 0) is 37.8 Å². The molecular formula is C23H37N9O5S. The SMILES string of the molecule is CSCCC(NC(=O)C(Cc1cnc[nH]1)NC(=O)C(N)CCCCN)C(=O)NC(Cc1cnc[nH]1)C(=O)O. The summed E-state index contributed by atoms with van der Waals surface area (Å²) in [4.78, 5) is 64.4. The van der Waals surface area contributed by atoms with Crippen LogP contribution in [0.5, 0.6) is 0 Å². The number of carboxylic acids is 1. The third kappa shape index (κ3) is 10.5. The Labute approximate surface area is 224 Å². The van der Waals surface area contributed by atoms with Crippen LogP contribution in [0.1, 0.15) is 37.1 Å². The van der Waals surface area contributed by atoms with Crippen LogP contribution >= 0.6 is 11.8 Å². The first-order valence-corrected chi connectivity index (χ1v) is 13.7. The quantitative estimate of drug-likeness (QED) is 0.102. The Bertz CT molecular complexity index is 1000. The molecule has 2 aromatic rings. The molecule has 2 rings (SSSR count). The summed E-state index contributed by atoms with van der Waals surface area (Å²) in [6.45, 7) is 0.489. The molecule has 0 aliphatic heterocycles. The van der Waals surface area contributed by atoms with Crippen molar-refractivity contribution in [2.24, 2.45) is 11.5 Å². The number of hydrogen-bond donors (Lipinski definition) is 8. The monoisotopic (exact) mass is 551 g/mol. The highest BCUT2D eigenvalue weighted by Gasteiger charge is 2.30. The predicted molar refractivity (Wildman–Crippen MR) is 142 cm³/mol. The number of carboxylic acid groups (broad SMARTS) is 1. The summed E-state index contributed by atoms with van der Waals surface area (Å²) in [5.41, 5.74) is 12.6. The van der Waals surface area contributed by atoms with E-state index < -0.39 is 47.9 Å². The number of hydrogen-bond acceptors (Lipinski definition) is 9. The number of carbonyl (C=O) groups is 4. The number of nitrogens with one attached hydrogen (secondary N) is 5. The molecule has 0 aliphatic carbocycles. The van der Waals surface area contributed by atoms with Gasteiger partial charge in [0.1, 0.15) is 18.1 Å². The maximum atomic E-state index is 13.3. The normalized spacial score (nSPS) is 14.2. The molecule has 0 fully saturated rings. The van der Waals surface area contributed by atoms with Crippen LogP contribution in [-0.4, -0.2) is 91.5 Å². The molecule has 0 spiro atoms. The summed E-state index contributed by atoms with van der Waals surface area (Å²) in [5, 5.41) is 17.5. The van der Waals surface area contributed by atoms with E-state index in [1.54, 1.807) is 0 Å². The van der Waals surface area contributed by atoms with Crippen molar-refractivity contribution in [2.75, 3.05) is 18.6 Å². The van der Waals surface area contributed by atoms with E-state index in [2.05, 4.69) is 35.9 Å². The second-order valence-corrected chi connectivity index (χ2v) is 9.74. The highest BCUT2D eigenvalue weighted by Crippen LogP contribution is 2.07. The van der Waals surface area contributed by atoms with Gasteiger partial charge in [0.25, 0.3) is 0 Å². The summed E-state index contributed by atoms with van der Waals surface area (Å²) in [6.07, 6.45) is 9.84. The van der Waals surface area contributed by atoms with Gasteiger partial charge in [-0.15, -0.1) is 0 Å². The number of aromatic nitrogens is 4. The zero-order chi connectivity index (χ0) is 27.9. The summed E-state index contributed by atoms with van der Waals surface area (Å²) in [5.74, 6) is -2.46. The van der Waals surface area contributed by atoms with E-state index in [0.29, 0.717) is 36.5 Å². The van der Waals surface area contributed by atoms with Crippen LogP contribution < -0.4 is 27.4 Å². The van der Waals surface area contributed by atoms with Crippen LogP contribution in [0.3, 0.4) is 0 Å². The van der Waals surface area contributed by atoms with Crippen molar-refractivity contribution in [3.8, 4) is 0 Å². The average Bonchev–Trinajstić information content (AvgIpc) is 3.60. The second kappa shape index (κ2) is 16.4. The number of rotatable bonds is 18. The Balaban J connectivity index is 2.12. The molecule has 14 nitrogen and oxygen atoms in total. The lowest BCUT2D eigenvalue weighted by Crippen LogP contribution is -2.58. The lowest BCUT2D eigenvalue weighted by atomic mass is 10.1. The van der Waals surface area contributed by atoms with E-state index in [0.717, 1.165) is 6.42 Å². The molecule has 10 N–H and O–H groups in total. The zero-order valence-corrected chi connectivity index (χ0v) is 22.1. The van der Waals surface area contributed by atoms with Crippen LogP contribution in [0.15, 0.2) is 25.0 Å². The molecule has 2 aromatic heterocycles. The van der Waals surface area contributed by atoms with E-state index in [4.69, 9.17) is 11.5 Å². The van der Waals surface area contributed by atoms with Gasteiger partial charge in [-0.25, -0.2) is 14.8 Å². The van der Waals surface area contributed by atoms with Gasteiger partial charge in [0.05, 0.1) is 18.7 Å². The highest BCUT2D eigenvalue weighted by atomic mass is 32.2. The number of nitrogens with zero attached hydrogens (tertiary/aromatic N) is 2. The predicted octanol–water partition coefficient (Wildman–Crippen LogP) is -1.33. The smallest absolute Gasteiger partial charge is 0.326 e. The van der Waals surface area contributed by atoms with Crippen molar-refractivity contribution in [1.29, 1.82) is 0 Å². The minimum absolute atomic E-state index is 0.00911.